The smallest absolute Gasteiger partial charge is 0.409 e. The molecular weight excluding hydrogens is 190 g/mol. The minimum Gasteiger partial charge on any atom is -0.453 e. The van der Waals surface area contributed by atoms with Gasteiger partial charge in [0.15, 0.2) is 0 Å². The molecule has 1 aliphatic heterocycles. The van der Waals surface area contributed by atoms with Gasteiger partial charge in [-0.05, 0) is 24.0 Å². The number of nitrogens with zero attached hydrogens (tertiary/aromatic N) is 1. The van der Waals surface area contributed by atoms with Crippen molar-refractivity contribution in [1.82, 2.24) is 4.90 Å². The van der Waals surface area contributed by atoms with Crippen molar-refractivity contribution in [2.24, 2.45) is 0 Å². The summed E-state index contributed by atoms with van der Waals surface area (Å²) in [5.74, 6) is 0. The zero-order valence-corrected chi connectivity index (χ0v) is 8.90. The molecule has 1 aromatic carbocycles. The van der Waals surface area contributed by atoms with Crippen LogP contribution in [0.2, 0.25) is 0 Å². The van der Waals surface area contributed by atoms with E-state index in [0.29, 0.717) is 0 Å². The van der Waals surface area contributed by atoms with Gasteiger partial charge >= 0.3 is 6.09 Å². The van der Waals surface area contributed by atoms with Crippen molar-refractivity contribution < 1.29 is 9.53 Å². The highest BCUT2D eigenvalue weighted by Crippen LogP contribution is 2.15. The van der Waals surface area contributed by atoms with Gasteiger partial charge in [-0.2, -0.15) is 0 Å². The molecular formula is C12H15NO2. The standard InChI is InChI=1S/C12H15NO2/c1-15-12(14)13-8-6-10-4-2-3-5-11(10)7-9-13/h2-5H,6-9H2,1H3. The fourth-order valence-corrected chi connectivity index (χ4v) is 1.98. The number of rotatable bonds is 0. The summed E-state index contributed by atoms with van der Waals surface area (Å²) >= 11 is 0. The Balaban J connectivity index is 2.12. The van der Waals surface area contributed by atoms with Gasteiger partial charge in [0.2, 0.25) is 0 Å². The quantitative estimate of drug-likeness (QED) is 0.647. The van der Waals surface area contributed by atoms with Gasteiger partial charge in [-0.25, -0.2) is 4.79 Å². The summed E-state index contributed by atoms with van der Waals surface area (Å²) < 4.78 is 4.73. The number of benzene rings is 1. The zero-order chi connectivity index (χ0) is 10.7. The van der Waals surface area contributed by atoms with E-state index in [2.05, 4.69) is 12.1 Å². The van der Waals surface area contributed by atoms with Crippen LogP contribution in [-0.2, 0) is 17.6 Å². The Morgan fingerprint density at radius 3 is 2.20 bits per heavy atom. The van der Waals surface area contributed by atoms with Crippen LogP contribution < -0.4 is 0 Å². The molecule has 0 saturated carbocycles. The van der Waals surface area contributed by atoms with E-state index in [4.69, 9.17) is 4.74 Å². The number of hydrogen-bond acceptors (Lipinski definition) is 2. The van der Waals surface area contributed by atoms with Crippen LogP contribution in [0.5, 0.6) is 0 Å². The number of carbonyl (C=O) groups excluding carboxylic acids is 1. The van der Waals surface area contributed by atoms with E-state index in [1.807, 2.05) is 12.1 Å². The number of fused-ring (bicyclic) bond motifs is 1. The number of methoxy groups -OCH3 is 1. The van der Waals surface area contributed by atoms with Crippen LogP contribution in [0.15, 0.2) is 24.3 Å². The molecule has 0 saturated heterocycles. The third-order valence-corrected chi connectivity index (χ3v) is 2.85. The van der Waals surface area contributed by atoms with Gasteiger partial charge in [0.05, 0.1) is 7.11 Å². The average Bonchev–Trinajstić information content (AvgIpc) is 2.50. The lowest BCUT2D eigenvalue weighted by molar-refractivity contribution is 0.125. The van der Waals surface area contributed by atoms with Gasteiger partial charge in [0, 0.05) is 13.1 Å². The third-order valence-electron chi connectivity index (χ3n) is 2.85. The lowest BCUT2D eigenvalue weighted by Gasteiger charge is -2.17. The molecule has 1 aromatic rings. The van der Waals surface area contributed by atoms with Crippen LogP contribution in [-0.4, -0.2) is 31.2 Å². The summed E-state index contributed by atoms with van der Waals surface area (Å²) in [6.07, 6.45) is 1.62. The Hall–Kier alpha value is -1.51. The van der Waals surface area contributed by atoms with E-state index >= 15 is 0 Å². The van der Waals surface area contributed by atoms with Gasteiger partial charge < -0.3 is 9.64 Å². The molecule has 0 aliphatic carbocycles. The van der Waals surface area contributed by atoms with Crippen LogP contribution in [0.25, 0.3) is 0 Å². The first kappa shape index (κ1) is 10.0. The summed E-state index contributed by atoms with van der Waals surface area (Å²) in [7, 11) is 1.43. The highest BCUT2D eigenvalue weighted by atomic mass is 16.5. The first-order valence-electron chi connectivity index (χ1n) is 5.21. The fourth-order valence-electron chi connectivity index (χ4n) is 1.98. The normalized spacial score (nSPS) is 15.4. The maximum absolute atomic E-state index is 11.4. The molecule has 1 aliphatic rings. The summed E-state index contributed by atoms with van der Waals surface area (Å²) in [6.45, 7) is 1.51. The molecule has 0 unspecified atom stereocenters. The monoisotopic (exact) mass is 205 g/mol. The van der Waals surface area contributed by atoms with Crippen molar-refractivity contribution >= 4 is 6.09 Å². The summed E-state index contributed by atoms with van der Waals surface area (Å²) in [5.41, 5.74) is 2.70. The molecule has 0 bridgehead atoms. The van der Waals surface area contributed by atoms with Crippen molar-refractivity contribution in [3.05, 3.63) is 35.4 Å². The van der Waals surface area contributed by atoms with E-state index in [-0.39, 0.29) is 6.09 Å². The maximum Gasteiger partial charge on any atom is 0.409 e. The van der Waals surface area contributed by atoms with E-state index in [1.165, 1.54) is 18.2 Å². The Labute approximate surface area is 89.7 Å². The van der Waals surface area contributed by atoms with Crippen molar-refractivity contribution in [3.8, 4) is 0 Å². The molecule has 2 rings (SSSR count). The van der Waals surface area contributed by atoms with Crippen molar-refractivity contribution in [2.45, 2.75) is 12.8 Å². The molecule has 0 atom stereocenters. The summed E-state index contributed by atoms with van der Waals surface area (Å²) in [5, 5.41) is 0. The van der Waals surface area contributed by atoms with Gasteiger partial charge in [-0.1, -0.05) is 24.3 Å². The van der Waals surface area contributed by atoms with Crippen LogP contribution in [0.1, 0.15) is 11.1 Å². The fraction of sp³-hybridized carbons (Fsp3) is 0.417. The lowest BCUT2D eigenvalue weighted by Crippen LogP contribution is -2.33. The number of hydrogen-bond donors (Lipinski definition) is 0. The predicted molar refractivity (Wildman–Crippen MR) is 57.8 cm³/mol. The highest BCUT2D eigenvalue weighted by molar-refractivity contribution is 5.67. The van der Waals surface area contributed by atoms with Gasteiger partial charge in [-0.3, -0.25) is 0 Å². The van der Waals surface area contributed by atoms with Gasteiger partial charge in [0.1, 0.15) is 0 Å². The molecule has 15 heavy (non-hydrogen) atoms. The Morgan fingerprint density at radius 1 is 1.20 bits per heavy atom. The zero-order valence-electron chi connectivity index (χ0n) is 8.90. The topological polar surface area (TPSA) is 29.5 Å². The molecule has 0 aromatic heterocycles. The highest BCUT2D eigenvalue weighted by Gasteiger charge is 2.17. The lowest BCUT2D eigenvalue weighted by atomic mass is 10.0. The van der Waals surface area contributed by atoms with E-state index in [9.17, 15) is 4.79 Å². The molecule has 0 radical (unpaired) electrons. The second kappa shape index (κ2) is 4.34. The molecule has 3 heteroatoms. The molecule has 1 heterocycles. The van der Waals surface area contributed by atoms with E-state index < -0.39 is 0 Å². The largest absolute Gasteiger partial charge is 0.453 e. The first-order chi connectivity index (χ1) is 7.31. The van der Waals surface area contributed by atoms with Crippen LogP contribution in [0.3, 0.4) is 0 Å². The molecule has 0 N–H and O–H groups in total. The summed E-state index contributed by atoms with van der Waals surface area (Å²) in [6, 6.07) is 8.37. The number of ether oxygens (including phenoxy) is 1. The van der Waals surface area contributed by atoms with Crippen molar-refractivity contribution in [1.29, 1.82) is 0 Å². The maximum atomic E-state index is 11.4. The number of carbonyl (C=O) groups is 1. The third kappa shape index (κ3) is 2.12. The van der Waals surface area contributed by atoms with Crippen molar-refractivity contribution in [2.75, 3.05) is 20.2 Å². The molecule has 80 valence electrons. The molecule has 1 amide bonds. The second-order valence-electron chi connectivity index (χ2n) is 3.73. The molecule has 3 nitrogen and oxygen atoms in total. The SMILES string of the molecule is COC(=O)N1CCc2ccccc2CC1. The van der Waals surface area contributed by atoms with Gasteiger partial charge in [-0.15, -0.1) is 0 Å². The minimum absolute atomic E-state index is 0.220. The van der Waals surface area contributed by atoms with Crippen LogP contribution >= 0.6 is 0 Å². The Morgan fingerprint density at radius 2 is 1.73 bits per heavy atom. The predicted octanol–water partition coefficient (Wildman–Crippen LogP) is 1.85. The average molecular weight is 205 g/mol. The Bertz CT molecular complexity index is 335. The number of amides is 1. The second-order valence-corrected chi connectivity index (χ2v) is 3.73. The van der Waals surface area contributed by atoms with Gasteiger partial charge in [0.25, 0.3) is 0 Å². The molecule has 0 fully saturated rings. The van der Waals surface area contributed by atoms with Crippen LogP contribution in [0.4, 0.5) is 4.79 Å². The summed E-state index contributed by atoms with van der Waals surface area (Å²) in [4.78, 5) is 13.1. The van der Waals surface area contributed by atoms with Crippen molar-refractivity contribution in [3.63, 3.8) is 0 Å². The van der Waals surface area contributed by atoms with Crippen LogP contribution in [0, 0.1) is 0 Å². The molecule has 0 spiro atoms. The Kier molecular flexibility index (Phi) is 2.90. The minimum atomic E-state index is -0.220. The first-order valence-corrected chi connectivity index (χ1v) is 5.21. The van der Waals surface area contributed by atoms with E-state index in [1.54, 1.807) is 4.90 Å². The van der Waals surface area contributed by atoms with E-state index in [0.717, 1.165) is 25.9 Å².